The van der Waals surface area contributed by atoms with Crippen LogP contribution >= 0.6 is 0 Å². The molecule has 0 aromatic rings. The lowest BCUT2D eigenvalue weighted by Crippen LogP contribution is -2.08. The van der Waals surface area contributed by atoms with Crippen LogP contribution in [-0.4, -0.2) is 0 Å². The van der Waals surface area contributed by atoms with Crippen molar-refractivity contribution in [3.63, 3.8) is 0 Å². The van der Waals surface area contributed by atoms with E-state index >= 15 is 0 Å². The maximum Gasteiger partial charge on any atom is -0.0351 e. The van der Waals surface area contributed by atoms with Crippen molar-refractivity contribution in [3.05, 3.63) is 26.0 Å². The molecule has 0 rings (SSSR count). The first kappa shape index (κ1) is 29.7. The van der Waals surface area contributed by atoms with E-state index in [9.17, 15) is 0 Å². The summed E-state index contributed by atoms with van der Waals surface area (Å²) in [5, 5.41) is 0. The fraction of sp³-hybridized carbons (Fsp3) is 0.867. The summed E-state index contributed by atoms with van der Waals surface area (Å²) in [7, 11) is 0. The molecule has 0 aromatic carbocycles. The predicted octanol–water partition coefficient (Wildman–Crippen LogP) is 11.1. The molecule has 0 N–H and O–H groups in total. The molecule has 0 nitrogen and oxygen atoms in total. The van der Waals surface area contributed by atoms with E-state index in [0.717, 1.165) is 24.7 Å². The van der Waals surface area contributed by atoms with Gasteiger partial charge in [-0.3, -0.25) is 0 Å². The number of rotatable bonds is 24. The highest BCUT2D eigenvalue weighted by molar-refractivity contribution is 4.81. The van der Waals surface area contributed by atoms with Crippen LogP contribution < -0.4 is 0 Å². The summed E-state index contributed by atoms with van der Waals surface area (Å²) >= 11 is 0. The van der Waals surface area contributed by atoms with Gasteiger partial charge in [-0.05, 0) is 37.5 Å². The molecule has 0 aliphatic carbocycles. The normalized spacial score (nSPS) is 13.0. The van der Waals surface area contributed by atoms with E-state index in [0.29, 0.717) is 0 Å². The zero-order valence-corrected chi connectivity index (χ0v) is 21.3. The van der Waals surface area contributed by atoms with Gasteiger partial charge in [-0.15, -0.1) is 0 Å². The Bertz CT molecular complexity index is 327. The Morgan fingerprint density at radius 2 is 0.833 bits per heavy atom. The van der Waals surface area contributed by atoms with Crippen molar-refractivity contribution >= 4 is 0 Å². The van der Waals surface area contributed by atoms with Crippen LogP contribution in [0.15, 0.2) is 12.2 Å². The highest BCUT2D eigenvalue weighted by Gasteiger charge is 2.12. The van der Waals surface area contributed by atoms with Crippen LogP contribution in [0.25, 0.3) is 0 Å². The van der Waals surface area contributed by atoms with Crippen molar-refractivity contribution in [1.29, 1.82) is 0 Å². The van der Waals surface area contributed by atoms with Crippen molar-refractivity contribution in [2.24, 2.45) is 11.8 Å². The third kappa shape index (κ3) is 22.4. The first-order valence-corrected chi connectivity index (χ1v) is 14.0. The zero-order chi connectivity index (χ0) is 22.1. The smallest absolute Gasteiger partial charge is 0.0351 e. The second kappa shape index (κ2) is 25.0. The van der Waals surface area contributed by atoms with Crippen molar-refractivity contribution < 1.29 is 0 Å². The molecule has 0 saturated carbocycles. The third-order valence-corrected chi connectivity index (χ3v) is 6.75. The second-order valence-corrected chi connectivity index (χ2v) is 9.99. The maximum atomic E-state index is 3.93. The predicted molar refractivity (Wildman–Crippen MR) is 140 cm³/mol. The summed E-state index contributed by atoms with van der Waals surface area (Å²) in [6.07, 6.45) is 35.1. The highest BCUT2D eigenvalue weighted by Crippen LogP contribution is 2.25. The molecule has 0 aliphatic heterocycles. The van der Waals surface area contributed by atoms with Gasteiger partial charge in [-0.1, -0.05) is 155 Å². The molecule has 0 aromatic heterocycles. The van der Waals surface area contributed by atoms with E-state index in [1.165, 1.54) is 128 Å². The first-order valence-electron chi connectivity index (χ1n) is 14.0. The number of unbranched alkanes of at least 4 members (excludes halogenated alkanes) is 17. The number of hydrogen-bond acceptors (Lipinski definition) is 0. The van der Waals surface area contributed by atoms with Crippen LogP contribution in [0.3, 0.4) is 0 Å². The van der Waals surface area contributed by atoms with E-state index in [-0.39, 0.29) is 0 Å². The maximum absolute atomic E-state index is 3.93. The van der Waals surface area contributed by atoms with Crippen molar-refractivity contribution in [1.82, 2.24) is 0 Å². The molecule has 0 bridgehead atoms. The molecule has 178 valence electrons. The van der Waals surface area contributed by atoms with E-state index in [1.807, 2.05) is 0 Å². The van der Waals surface area contributed by atoms with Gasteiger partial charge in [0.25, 0.3) is 0 Å². The van der Waals surface area contributed by atoms with Crippen LogP contribution in [-0.2, 0) is 0 Å². The third-order valence-electron chi connectivity index (χ3n) is 6.75. The number of hydrogen-bond donors (Lipinski definition) is 0. The van der Waals surface area contributed by atoms with Crippen LogP contribution in [0.4, 0.5) is 0 Å². The Balaban J connectivity index is 3.44. The fourth-order valence-corrected chi connectivity index (χ4v) is 4.51. The molecule has 0 heteroatoms. The number of allylic oxidation sites excluding steroid dienone is 2. The molecular weight excluding hydrogens is 360 g/mol. The fourth-order valence-electron chi connectivity index (χ4n) is 4.51. The molecule has 30 heavy (non-hydrogen) atoms. The Kier molecular flexibility index (Phi) is 24.8. The quantitative estimate of drug-likeness (QED) is 0.108. The van der Waals surface area contributed by atoms with E-state index < -0.39 is 0 Å². The molecule has 1 unspecified atom stereocenters. The van der Waals surface area contributed by atoms with Crippen LogP contribution in [0.2, 0.25) is 0 Å². The average Bonchev–Trinajstić information content (AvgIpc) is 2.74. The molecule has 0 aliphatic rings. The summed E-state index contributed by atoms with van der Waals surface area (Å²) in [6.45, 7) is 12.7. The Morgan fingerprint density at radius 1 is 0.467 bits per heavy atom. The van der Waals surface area contributed by atoms with Gasteiger partial charge < -0.3 is 0 Å². The van der Waals surface area contributed by atoms with Gasteiger partial charge in [0.1, 0.15) is 0 Å². The molecule has 2 radical (unpaired) electrons. The Morgan fingerprint density at radius 3 is 1.27 bits per heavy atom. The molecule has 0 amide bonds. The lowest BCUT2D eigenvalue weighted by Gasteiger charge is -2.20. The summed E-state index contributed by atoms with van der Waals surface area (Å²) in [5.74, 6) is 1.84. The zero-order valence-electron chi connectivity index (χ0n) is 21.3. The van der Waals surface area contributed by atoms with Crippen LogP contribution in [0.1, 0.15) is 155 Å². The molecule has 0 spiro atoms. The van der Waals surface area contributed by atoms with Crippen molar-refractivity contribution in [3.8, 4) is 0 Å². The minimum atomic E-state index is 0.870. The Hall–Kier alpha value is -0.260. The van der Waals surface area contributed by atoms with Crippen molar-refractivity contribution in [2.45, 2.75) is 155 Å². The summed E-state index contributed by atoms with van der Waals surface area (Å²) < 4.78 is 0. The standard InChI is InChI=1S/C30H58/c1-5-7-9-11-13-15-16-17-18-19-20-22-24-26-28-30(29(3)4)27-25-23-21-14-12-10-8-6-2/h11,13,29-30H,1-2,5-10,12,14-28H2,3-4H3. The van der Waals surface area contributed by atoms with Gasteiger partial charge in [0, 0.05) is 0 Å². The summed E-state index contributed by atoms with van der Waals surface area (Å²) in [6, 6.07) is 0. The second-order valence-electron chi connectivity index (χ2n) is 9.99. The minimum Gasteiger partial charge on any atom is -0.0885 e. The summed E-state index contributed by atoms with van der Waals surface area (Å²) in [5.41, 5.74) is 0. The van der Waals surface area contributed by atoms with Gasteiger partial charge in [-0.25, -0.2) is 0 Å². The molecular formula is C30H58. The van der Waals surface area contributed by atoms with Gasteiger partial charge in [0.05, 0.1) is 0 Å². The van der Waals surface area contributed by atoms with Crippen molar-refractivity contribution in [2.75, 3.05) is 0 Å². The SMILES string of the molecule is [CH2]CCCC=CCCCCCCCCCCC(CCCCCCCCC[CH2])C(C)C. The van der Waals surface area contributed by atoms with Crippen LogP contribution in [0, 0.1) is 25.7 Å². The molecule has 0 saturated heterocycles. The van der Waals surface area contributed by atoms with Gasteiger partial charge in [0.15, 0.2) is 0 Å². The lowest BCUT2D eigenvalue weighted by molar-refractivity contribution is 0.312. The monoisotopic (exact) mass is 418 g/mol. The average molecular weight is 419 g/mol. The first-order chi connectivity index (χ1) is 14.7. The topological polar surface area (TPSA) is 0 Å². The van der Waals surface area contributed by atoms with E-state index in [4.69, 9.17) is 0 Å². The van der Waals surface area contributed by atoms with Gasteiger partial charge >= 0.3 is 0 Å². The lowest BCUT2D eigenvalue weighted by atomic mass is 9.85. The minimum absolute atomic E-state index is 0.870. The highest BCUT2D eigenvalue weighted by atomic mass is 14.2. The van der Waals surface area contributed by atoms with Crippen LogP contribution in [0.5, 0.6) is 0 Å². The molecule has 0 heterocycles. The summed E-state index contributed by atoms with van der Waals surface area (Å²) in [4.78, 5) is 0. The largest absolute Gasteiger partial charge is 0.0885 e. The van der Waals surface area contributed by atoms with E-state index in [2.05, 4.69) is 39.8 Å². The van der Waals surface area contributed by atoms with E-state index in [1.54, 1.807) is 0 Å². The Labute approximate surface area is 193 Å². The molecule has 0 fully saturated rings. The van der Waals surface area contributed by atoms with Gasteiger partial charge in [0.2, 0.25) is 0 Å². The molecule has 1 atom stereocenters. The van der Waals surface area contributed by atoms with Gasteiger partial charge in [-0.2, -0.15) is 0 Å².